The van der Waals surface area contributed by atoms with E-state index in [2.05, 4.69) is 30.0 Å². The van der Waals surface area contributed by atoms with Gasteiger partial charge >= 0.3 is 0 Å². The molecule has 5 nitrogen and oxygen atoms in total. The third-order valence-corrected chi connectivity index (χ3v) is 7.00. The van der Waals surface area contributed by atoms with Gasteiger partial charge in [0, 0.05) is 26.2 Å². The highest BCUT2D eigenvalue weighted by Gasteiger charge is 2.29. The minimum absolute atomic E-state index is 0.0245. The first-order valence-electron chi connectivity index (χ1n) is 7.96. The molecular weight excluding hydrogens is 330 g/mol. The predicted octanol–water partition coefficient (Wildman–Crippen LogP) is 2.72. The van der Waals surface area contributed by atoms with Crippen LogP contribution in [-0.2, 0) is 16.4 Å². The van der Waals surface area contributed by atoms with Crippen LogP contribution in [0.3, 0.4) is 0 Å². The van der Waals surface area contributed by atoms with Crippen molar-refractivity contribution in [2.75, 3.05) is 31.3 Å². The molecule has 1 aromatic carbocycles. The van der Waals surface area contributed by atoms with Crippen LogP contribution >= 0.6 is 11.3 Å². The summed E-state index contributed by atoms with van der Waals surface area (Å²) in [6, 6.07) is 6.35. The first-order chi connectivity index (χ1) is 10.9. The SMILES string of the molecule is CCc1cccc2sc(N3CCCC(N(C)S(C)(=O)=O)C3)nc12. The summed E-state index contributed by atoms with van der Waals surface area (Å²) >= 11 is 1.70. The second-order valence-electron chi connectivity index (χ2n) is 6.14. The first kappa shape index (κ1) is 16.7. The number of hydrogen-bond acceptors (Lipinski definition) is 5. The zero-order chi connectivity index (χ0) is 16.6. The third-order valence-electron chi connectivity index (χ3n) is 4.58. The van der Waals surface area contributed by atoms with Crippen molar-refractivity contribution in [2.24, 2.45) is 0 Å². The Bertz CT molecular complexity index is 801. The predicted molar refractivity (Wildman–Crippen MR) is 96.8 cm³/mol. The van der Waals surface area contributed by atoms with Crippen LogP contribution in [0.2, 0.25) is 0 Å². The van der Waals surface area contributed by atoms with Crippen molar-refractivity contribution in [3.63, 3.8) is 0 Å². The number of nitrogens with zero attached hydrogens (tertiary/aromatic N) is 3. The quantitative estimate of drug-likeness (QED) is 0.848. The van der Waals surface area contributed by atoms with Crippen molar-refractivity contribution in [2.45, 2.75) is 32.2 Å². The number of likely N-dealkylation sites (N-methyl/N-ethyl adjacent to an activating group) is 1. The number of aromatic nitrogens is 1. The molecule has 23 heavy (non-hydrogen) atoms. The summed E-state index contributed by atoms with van der Waals surface area (Å²) in [6.45, 7) is 3.80. The fraction of sp³-hybridized carbons (Fsp3) is 0.562. The van der Waals surface area contributed by atoms with Gasteiger partial charge < -0.3 is 4.90 Å². The largest absolute Gasteiger partial charge is 0.346 e. The normalized spacial score (nSPS) is 19.7. The Morgan fingerprint density at radius 1 is 1.43 bits per heavy atom. The highest BCUT2D eigenvalue weighted by molar-refractivity contribution is 7.88. The van der Waals surface area contributed by atoms with E-state index in [1.807, 2.05) is 0 Å². The smallest absolute Gasteiger partial charge is 0.211 e. The topological polar surface area (TPSA) is 53.5 Å². The van der Waals surface area contributed by atoms with Crippen LogP contribution in [0.1, 0.15) is 25.3 Å². The van der Waals surface area contributed by atoms with Gasteiger partial charge in [-0.3, -0.25) is 0 Å². The lowest BCUT2D eigenvalue weighted by atomic mass is 10.1. The van der Waals surface area contributed by atoms with E-state index in [4.69, 9.17) is 4.98 Å². The molecule has 0 N–H and O–H groups in total. The Morgan fingerprint density at radius 2 is 2.22 bits per heavy atom. The number of aryl methyl sites for hydroxylation is 1. The van der Waals surface area contributed by atoms with Gasteiger partial charge in [0.25, 0.3) is 0 Å². The number of benzene rings is 1. The Morgan fingerprint density at radius 3 is 2.91 bits per heavy atom. The van der Waals surface area contributed by atoms with Crippen LogP contribution in [0.5, 0.6) is 0 Å². The number of rotatable bonds is 4. The zero-order valence-corrected chi connectivity index (χ0v) is 15.5. The summed E-state index contributed by atoms with van der Waals surface area (Å²) in [5, 5.41) is 1.01. The molecule has 2 aromatic rings. The molecule has 1 aromatic heterocycles. The molecule has 0 amide bonds. The van der Waals surface area contributed by atoms with E-state index in [9.17, 15) is 8.42 Å². The lowest BCUT2D eigenvalue weighted by molar-refractivity contribution is 0.322. The number of sulfonamides is 1. The van der Waals surface area contributed by atoms with E-state index in [1.54, 1.807) is 18.4 Å². The van der Waals surface area contributed by atoms with E-state index in [0.717, 1.165) is 36.5 Å². The molecule has 1 saturated heterocycles. The van der Waals surface area contributed by atoms with E-state index >= 15 is 0 Å². The second-order valence-corrected chi connectivity index (χ2v) is 9.19. The summed E-state index contributed by atoms with van der Waals surface area (Å²) < 4.78 is 26.3. The van der Waals surface area contributed by atoms with Crippen molar-refractivity contribution in [3.8, 4) is 0 Å². The van der Waals surface area contributed by atoms with Gasteiger partial charge in [0.05, 0.1) is 16.5 Å². The molecule has 3 rings (SSSR count). The maximum atomic E-state index is 11.8. The maximum Gasteiger partial charge on any atom is 0.211 e. The summed E-state index contributed by atoms with van der Waals surface area (Å²) in [7, 11) is -1.48. The molecule has 1 aliphatic heterocycles. The highest BCUT2D eigenvalue weighted by Crippen LogP contribution is 2.33. The minimum atomic E-state index is -3.15. The summed E-state index contributed by atoms with van der Waals surface area (Å²) in [6.07, 6.45) is 4.14. The van der Waals surface area contributed by atoms with Crippen molar-refractivity contribution in [1.29, 1.82) is 0 Å². The molecular formula is C16H23N3O2S2. The Hall–Kier alpha value is -1.18. The van der Waals surface area contributed by atoms with E-state index in [0.29, 0.717) is 6.54 Å². The molecule has 0 saturated carbocycles. The van der Waals surface area contributed by atoms with Crippen molar-refractivity contribution in [1.82, 2.24) is 9.29 Å². The van der Waals surface area contributed by atoms with Crippen LogP contribution in [0.15, 0.2) is 18.2 Å². The molecule has 7 heteroatoms. The van der Waals surface area contributed by atoms with Gasteiger partial charge in [0.2, 0.25) is 10.0 Å². The number of thiazole rings is 1. The lowest BCUT2D eigenvalue weighted by Crippen LogP contribution is -2.48. The molecule has 0 aliphatic carbocycles. The monoisotopic (exact) mass is 353 g/mol. The fourth-order valence-corrected chi connectivity index (χ4v) is 4.87. The highest BCUT2D eigenvalue weighted by atomic mass is 32.2. The molecule has 0 bridgehead atoms. The first-order valence-corrected chi connectivity index (χ1v) is 10.6. The fourth-order valence-electron chi connectivity index (χ4n) is 3.11. The number of anilines is 1. The van der Waals surface area contributed by atoms with Gasteiger partial charge in [-0.15, -0.1) is 0 Å². The average Bonchev–Trinajstić information content (AvgIpc) is 2.97. The number of para-hydroxylation sites is 1. The number of fused-ring (bicyclic) bond motifs is 1. The van der Waals surface area contributed by atoms with Crippen LogP contribution in [0, 0.1) is 0 Å². The molecule has 1 unspecified atom stereocenters. The molecule has 0 spiro atoms. The molecule has 1 atom stereocenters. The van der Waals surface area contributed by atoms with E-state index in [-0.39, 0.29) is 6.04 Å². The minimum Gasteiger partial charge on any atom is -0.346 e. The third kappa shape index (κ3) is 3.36. The van der Waals surface area contributed by atoms with Crippen LogP contribution in [-0.4, -0.2) is 50.1 Å². The second kappa shape index (κ2) is 6.37. The average molecular weight is 354 g/mol. The Kier molecular flexibility index (Phi) is 4.62. The molecule has 1 aliphatic rings. The lowest BCUT2D eigenvalue weighted by Gasteiger charge is -2.36. The number of piperidine rings is 1. The molecule has 2 heterocycles. The van der Waals surface area contributed by atoms with E-state index in [1.165, 1.54) is 20.8 Å². The standard InChI is InChI=1S/C16H23N3O2S2/c1-4-12-7-5-9-14-15(12)17-16(22-14)19-10-6-8-13(11-19)18(2)23(3,20)21/h5,7,9,13H,4,6,8,10-11H2,1-3H3. The number of hydrogen-bond donors (Lipinski definition) is 0. The van der Waals surface area contributed by atoms with Crippen LogP contribution in [0.25, 0.3) is 10.2 Å². The molecule has 0 radical (unpaired) electrons. The molecule has 126 valence electrons. The summed E-state index contributed by atoms with van der Waals surface area (Å²) in [4.78, 5) is 7.08. The summed E-state index contributed by atoms with van der Waals surface area (Å²) in [5.74, 6) is 0. The van der Waals surface area contributed by atoms with Crippen molar-refractivity contribution >= 4 is 36.7 Å². The Balaban J connectivity index is 1.87. The van der Waals surface area contributed by atoms with Gasteiger partial charge in [-0.2, -0.15) is 0 Å². The van der Waals surface area contributed by atoms with Gasteiger partial charge in [0.15, 0.2) is 5.13 Å². The summed E-state index contributed by atoms with van der Waals surface area (Å²) in [5.41, 5.74) is 2.36. The van der Waals surface area contributed by atoms with Gasteiger partial charge in [-0.05, 0) is 30.9 Å². The van der Waals surface area contributed by atoms with E-state index < -0.39 is 10.0 Å². The van der Waals surface area contributed by atoms with Crippen molar-refractivity contribution in [3.05, 3.63) is 23.8 Å². The van der Waals surface area contributed by atoms with Crippen molar-refractivity contribution < 1.29 is 8.42 Å². The van der Waals surface area contributed by atoms with Gasteiger partial charge in [-0.25, -0.2) is 17.7 Å². The maximum absolute atomic E-state index is 11.8. The zero-order valence-electron chi connectivity index (χ0n) is 13.8. The van der Waals surface area contributed by atoms with Gasteiger partial charge in [0.1, 0.15) is 0 Å². The van der Waals surface area contributed by atoms with Crippen LogP contribution in [0.4, 0.5) is 5.13 Å². The Labute approximate surface area is 142 Å². The van der Waals surface area contributed by atoms with Crippen LogP contribution < -0.4 is 4.90 Å². The molecule has 1 fully saturated rings. The van der Waals surface area contributed by atoms with Gasteiger partial charge in [-0.1, -0.05) is 30.4 Å².